The van der Waals surface area contributed by atoms with E-state index in [1.807, 2.05) is 6.92 Å². The Balaban J connectivity index is 2.19. The van der Waals surface area contributed by atoms with Crippen LogP contribution in [0.5, 0.6) is 5.88 Å². The van der Waals surface area contributed by atoms with Crippen molar-refractivity contribution < 1.29 is 14.3 Å². The Kier molecular flexibility index (Phi) is 4.18. The summed E-state index contributed by atoms with van der Waals surface area (Å²) in [7, 11) is 0. The molecule has 4 heteroatoms. The Morgan fingerprint density at radius 1 is 1.44 bits per heavy atom. The summed E-state index contributed by atoms with van der Waals surface area (Å²) in [5.74, 6) is 0.0487. The number of aryl methyl sites for hydroxylation is 1. The average Bonchev–Trinajstić information content (AvgIpc) is 2.84. The highest BCUT2D eigenvalue weighted by Gasteiger charge is 2.21. The molecule has 1 saturated carbocycles. The summed E-state index contributed by atoms with van der Waals surface area (Å²) in [5.41, 5.74) is 1.36. The van der Waals surface area contributed by atoms with Gasteiger partial charge in [0.15, 0.2) is 0 Å². The fraction of sp³-hybridized carbons (Fsp3) is 0.571. The standard InChI is InChI=1S/C14H19NO3/c1-3-17-14(16)12-8-10(2)9-15-13(12)18-11-6-4-5-7-11/h8-9,11H,3-7H2,1-2H3. The minimum absolute atomic E-state index is 0.188. The molecule has 0 spiro atoms. The minimum atomic E-state index is -0.360. The molecule has 1 fully saturated rings. The summed E-state index contributed by atoms with van der Waals surface area (Å²) in [6.07, 6.45) is 6.35. The summed E-state index contributed by atoms with van der Waals surface area (Å²) >= 11 is 0. The van der Waals surface area contributed by atoms with Gasteiger partial charge in [0.05, 0.1) is 6.61 Å². The van der Waals surface area contributed by atoms with Gasteiger partial charge in [-0.3, -0.25) is 0 Å². The Morgan fingerprint density at radius 3 is 2.83 bits per heavy atom. The second-order valence-corrected chi connectivity index (χ2v) is 4.61. The van der Waals surface area contributed by atoms with Gasteiger partial charge in [0.25, 0.3) is 0 Å². The number of hydrogen-bond donors (Lipinski definition) is 0. The lowest BCUT2D eigenvalue weighted by Gasteiger charge is -2.15. The van der Waals surface area contributed by atoms with Crippen LogP contribution in [0.4, 0.5) is 0 Å². The normalized spacial score (nSPS) is 15.7. The van der Waals surface area contributed by atoms with E-state index in [0.717, 1.165) is 18.4 Å². The van der Waals surface area contributed by atoms with Crippen LogP contribution in [-0.4, -0.2) is 23.7 Å². The first kappa shape index (κ1) is 12.9. The number of carbonyl (C=O) groups is 1. The van der Waals surface area contributed by atoms with Gasteiger partial charge in [0.1, 0.15) is 11.7 Å². The monoisotopic (exact) mass is 249 g/mol. The van der Waals surface area contributed by atoms with Crippen molar-refractivity contribution >= 4 is 5.97 Å². The van der Waals surface area contributed by atoms with Crippen LogP contribution in [0.3, 0.4) is 0 Å². The molecule has 0 bridgehead atoms. The fourth-order valence-electron chi connectivity index (χ4n) is 2.17. The molecular formula is C14H19NO3. The molecule has 2 rings (SSSR count). The lowest BCUT2D eigenvalue weighted by Crippen LogP contribution is -2.16. The van der Waals surface area contributed by atoms with E-state index in [2.05, 4.69) is 4.98 Å². The van der Waals surface area contributed by atoms with Crippen LogP contribution >= 0.6 is 0 Å². The van der Waals surface area contributed by atoms with E-state index >= 15 is 0 Å². The quantitative estimate of drug-likeness (QED) is 0.770. The zero-order valence-corrected chi connectivity index (χ0v) is 10.9. The molecule has 0 unspecified atom stereocenters. The highest BCUT2D eigenvalue weighted by atomic mass is 16.5. The smallest absolute Gasteiger partial charge is 0.343 e. The van der Waals surface area contributed by atoms with E-state index in [-0.39, 0.29) is 12.1 Å². The van der Waals surface area contributed by atoms with Gasteiger partial charge in [-0.15, -0.1) is 0 Å². The van der Waals surface area contributed by atoms with E-state index in [0.29, 0.717) is 18.1 Å². The van der Waals surface area contributed by atoms with E-state index in [1.54, 1.807) is 19.2 Å². The largest absolute Gasteiger partial charge is 0.474 e. The molecule has 1 aromatic heterocycles. The third-order valence-corrected chi connectivity index (χ3v) is 3.06. The molecule has 4 nitrogen and oxygen atoms in total. The molecule has 0 amide bonds. The predicted octanol–water partition coefficient (Wildman–Crippen LogP) is 2.89. The molecule has 18 heavy (non-hydrogen) atoms. The number of pyridine rings is 1. The maximum atomic E-state index is 11.8. The van der Waals surface area contributed by atoms with Crippen LogP contribution in [-0.2, 0) is 4.74 Å². The molecule has 1 aliphatic carbocycles. The molecule has 0 atom stereocenters. The van der Waals surface area contributed by atoms with Gasteiger partial charge in [-0.25, -0.2) is 9.78 Å². The summed E-state index contributed by atoms with van der Waals surface area (Å²) in [4.78, 5) is 16.1. The second kappa shape index (κ2) is 5.85. The van der Waals surface area contributed by atoms with E-state index in [1.165, 1.54) is 12.8 Å². The molecule has 0 aromatic carbocycles. The van der Waals surface area contributed by atoms with Crippen molar-refractivity contribution in [1.82, 2.24) is 4.98 Å². The van der Waals surface area contributed by atoms with Gasteiger partial charge in [0.2, 0.25) is 5.88 Å². The van der Waals surface area contributed by atoms with Crippen LogP contribution in [0.15, 0.2) is 12.3 Å². The predicted molar refractivity (Wildman–Crippen MR) is 67.8 cm³/mol. The van der Waals surface area contributed by atoms with Gasteiger partial charge in [-0.05, 0) is 51.2 Å². The van der Waals surface area contributed by atoms with Gasteiger partial charge < -0.3 is 9.47 Å². The van der Waals surface area contributed by atoms with Crippen LogP contribution < -0.4 is 4.74 Å². The van der Waals surface area contributed by atoms with Crippen LogP contribution in [0.25, 0.3) is 0 Å². The molecule has 1 aromatic rings. The Hall–Kier alpha value is -1.58. The highest BCUT2D eigenvalue weighted by Crippen LogP contribution is 2.26. The van der Waals surface area contributed by atoms with Crippen molar-refractivity contribution in [3.05, 3.63) is 23.4 Å². The number of aromatic nitrogens is 1. The van der Waals surface area contributed by atoms with Gasteiger partial charge in [0, 0.05) is 6.20 Å². The molecule has 1 heterocycles. The average molecular weight is 249 g/mol. The van der Waals surface area contributed by atoms with Gasteiger partial charge >= 0.3 is 5.97 Å². The molecule has 0 aliphatic heterocycles. The van der Waals surface area contributed by atoms with Crippen molar-refractivity contribution in [2.24, 2.45) is 0 Å². The molecule has 98 valence electrons. The number of hydrogen-bond acceptors (Lipinski definition) is 4. The van der Waals surface area contributed by atoms with E-state index in [4.69, 9.17) is 9.47 Å². The second-order valence-electron chi connectivity index (χ2n) is 4.61. The maximum absolute atomic E-state index is 11.8. The Bertz CT molecular complexity index is 425. The number of nitrogens with zero attached hydrogens (tertiary/aromatic N) is 1. The lowest BCUT2D eigenvalue weighted by atomic mass is 10.2. The van der Waals surface area contributed by atoms with Crippen molar-refractivity contribution in [3.8, 4) is 5.88 Å². The lowest BCUT2D eigenvalue weighted by molar-refractivity contribution is 0.0517. The van der Waals surface area contributed by atoms with Crippen molar-refractivity contribution in [1.29, 1.82) is 0 Å². The number of ether oxygens (including phenoxy) is 2. The Labute approximate surface area is 107 Å². The molecular weight excluding hydrogens is 230 g/mol. The molecule has 0 saturated heterocycles. The van der Waals surface area contributed by atoms with E-state index < -0.39 is 0 Å². The summed E-state index contributed by atoms with van der Waals surface area (Å²) in [5, 5.41) is 0. The number of esters is 1. The zero-order chi connectivity index (χ0) is 13.0. The first-order valence-electron chi connectivity index (χ1n) is 6.51. The zero-order valence-electron chi connectivity index (χ0n) is 10.9. The minimum Gasteiger partial charge on any atom is -0.474 e. The fourth-order valence-corrected chi connectivity index (χ4v) is 2.17. The third-order valence-electron chi connectivity index (χ3n) is 3.06. The van der Waals surface area contributed by atoms with Crippen molar-refractivity contribution in [3.63, 3.8) is 0 Å². The molecule has 0 radical (unpaired) electrons. The number of carbonyl (C=O) groups excluding carboxylic acids is 1. The van der Waals surface area contributed by atoms with Crippen LogP contribution in [0.2, 0.25) is 0 Å². The molecule has 1 aliphatic rings. The van der Waals surface area contributed by atoms with Crippen LogP contribution in [0.1, 0.15) is 48.5 Å². The van der Waals surface area contributed by atoms with Crippen LogP contribution in [0, 0.1) is 6.92 Å². The van der Waals surface area contributed by atoms with E-state index in [9.17, 15) is 4.79 Å². The Morgan fingerprint density at radius 2 is 2.17 bits per heavy atom. The maximum Gasteiger partial charge on any atom is 0.343 e. The molecule has 0 N–H and O–H groups in total. The SMILES string of the molecule is CCOC(=O)c1cc(C)cnc1OC1CCCC1. The third kappa shape index (κ3) is 3.00. The topological polar surface area (TPSA) is 48.4 Å². The van der Waals surface area contributed by atoms with Crippen molar-refractivity contribution in [2.45, 2.75) is 45.6 Å². The number of rotatable bonds is 4. The highest BCUT2D eigenvalue weighted by molar-refractivity contribution is 5.92. The van der Waals surface area contributed by atoms with Gasteiger partial charge in [-0.2, -0.15) is 0 Å². The summed E-state index contributed by atoms with van der Waals surface area (Å²) in [6.45, 7) is 4.04. The summed E-state index contributed by atoms with van der Waals surface area (Å²) in [6, 6.07) is 1.77. The first-order chi connectivity index (χ1) is 8.70. The van der Waals surface area contributed by atoms with Crippen molar-refractivity contribution in [2.75, 3.05) is 6.61 Å². The summed E-state index contributed by atoms with van der Waals surface area (Å²) < 4.78 is 10.8. The first-order valence-corrected chi connectivity index (χ1v) is 6.51. The van der Waals surface area contributed by atoms with Gasteiger partial charge in [-0.1, -0.05) is 0 Å².